The summed E-state index contributed by atoms with van der Waals surface area (Å²) in [5, 5.41) is 15.7. The van der Waals surface area contributed by atoms with Gasteiger partial charge in [0.25, 0.3) is 0 Å². The van der Waals surface area contributed by atoms with E-state index >= 15 is 4.39 Å². The normalized spacial score (nSPS) is 19.9. The molecule has 224 valence electrons. The molecule has 0 saturated carbocycles. The maximum absolute atomic E-state index is 16.6. The van der Waals surface area contributed by atoms with E-state index in [0.29, 0.717) is 25.0 Å². The van der Waals surface area contributed by atoms with Crippen molar-refractivity contribution in [2.75, 3.05) is 26.8 Å². The number of phenols is 1. The number of benzene rings is 2. The third-order valence-electron chi connectivity index (χ3n) is 8.49. The molecule has 5 heterocycles. The number of terminal acetylenes is 1. The van der Waals surface area contributed by atoms with Gasteiger partial charge in [0.1, 0.15) is 35.6 Å². The van der Waals surface area contributed by atoms with Crippen molar-refractivity contribution in [1.29, 1.82) is 0 Å². The van der Waals surface area contributed by atoms with Crippen molar-refractivity contribution in [2.24, 2.45) is 0 Å². The number of halogens is 3. The number of rotatable bonds is 7. The standard InChI is InChI=1S/C32H27F3N6O3/c1-3-22-25(34)6-5-19-9-21(42)10-23(26(19)22)28-27(35)29-24(13-36-28)30(41-14-18(12-37-41)16-43-2)39-31(38-29)44-17-32-7-4-8-40(32)15-20(33)11-32/h1,5-6,9-10,12-14,20,42H,4,7-8,11,15-17H2,2H3/t20-,32+/m1/s1. The van der Waals surface area contributed by atoms with Gasteiger partial charge in [-0.1, -0.05) is 12.0 Å². The van der Waals surface area contributed by atoms with Crippen LogP contribution in [0.15, 0.2) is 42.9 Å². The largest absolute Gasteiger partial charge is 0.508 e. The zero-order chi connectivity index (χ0) is 30.6. The number of pyridine rings is 1. The number of ether oxygens (including phenoxy) is 2. The minimum Gasteiger partial charge on any atom is -0.508 e. The van der Waals surface area contributed by atoms with Gasteiger partial charge in [-0.25, -0.2) is 17.9 Å². The van der Waals surface area contributed by atoms with Crippen LogP contribution in [0.1, 0.15) is 30.4 Å². The first-order chi connectivity index (χ1) is 21.3. The van der Waals surface area contributed by atoms with Crippen molar-refractivity contribution >= 4 is 21.7 Å². The quantitative estimate of drug-likeness (QED) is 0.258. The lowest BCUT2D eigenvalue weighted by Crippen LogP contribution is -2.43. The maximum atomic E-state index is 16.6. The van der Waals surface area contributed by atoms with Crippen molar-refractivity contribution in [3.8, 4) is 41.2 Å². The lowest BCUT2D eigenvalue weighted by Gasteiger charge is -2.30. The van der Waals surface area contributed by atoms with Crippen molar-refractivity contribution in [1.82, 2.24) is 29.6 Å². The van der Waals surface area contributed by atoms with Crippen LogP contribution in [-0.2, 0) is 11.3 Å². The zero-order valence-electron chi connectivity index (χ0n) is 23.7. The predicted octanol–water partition coefficient (Wildman–Crippen LogP) is 5.10. The summed E-state index contributed by atoms with van der Waals surface area (Å²) in [5.74, 6) is 0.840. The van der Waals surface area contributed by atoms with Crippen LogP contribution in [-0.4, -0.2) is 73.3 Å². The van der Waals surface area contributed by atoms with E-state index in [1.807, 2.05) is 0 Å². The van der Waals surface area contributed by atoms with Crippen molar-refractivity contribution in [3.05, 3.63) is 65.6 Å². The Morgan fingerprint density at radius 1 is 1.20 bits per heavy atom. The number of aromatic hydroxyl groups is 1. The van der Waals surface area contributed by atoms with E-state index in [1.165, 1.54) is 35.1 Å². The molecule has 2 aromatic carbocycles. The summed E-state index contributed by atoms with van der Waals surface area (Å²) in [6.07, 6.45) is 11.4. The molecule has 7 rings (SSSR count). The minimum absolute atomic E-state index is 0.0866. The Hall–Kier alpha value is -4.73. The minimum atomic E-state index is -0.948. The molecule has 0 amide bonds. The van der Waals surface area contributed by atoms with Gasteiger partial charge >= 0.3 is 6.01 Å². The van der Waals surface area contributed by atoms with Gasteiger partial charge in [0.2, 0.25) is 0 Å². The summed E-state index contributed by atoms with van der Waals surface area (Å²) in [7, 11) is 1.56. The number of phenolic OH excluding ortho intramolecular Hbond substituents is 1. The van der Waals surface area contributed by atoms with Gasteiger partial charge in [0.05, 0.1) is 29.3 Å². The number of alkyl halides is 1. The van der Waals surface area contributed by atoms with E-state index in [9.17, 15) is 13.9 Å². The van der Waals surface area contributed by atoms with Crippen molar-refractivity contribution in [3.63, 3.8) is 0 Å². The van der Waals surface area contributed by atoms with E-state index in [2.05, 4.69) is 30.9 Å². The summed E-state index contributed by atoms with van der Waals surface area (Å²) in [4.78, 5) is 15.5. The van der Waals surface area contributed by atoms with Crippen LogP contribution < -0.4 is 4.74 Å². The molecule has 2 aliphatic rings. The van der Waals surface area contributed by atoms with E-state index < -0.39 is 23.3 Å². The highest BCUT2D eigenvalue weighted by molar-refractivity contribution is 6.02. The fourth-order valence-electron chi connectivity index (χ4n) is 6.57. The Labute approximate surface area is 250 Å². The van der Waals surface area contributed by atoms with E-state index in [4.69, 9.17) is 15.9 Å². The second-order valence-corrected chi connectivity index (χ2v) is 11.3. The molecule has 0 bridgehead atoms. The molecule has 1 N–H and O–H groups in total. The molecule has 5 aromatic rings. The van der Waals surface area contributed by atoms with Gasteiger partial charge in [0, 0.05) is 49.0 Å². The van der Waals surface area contributed by atoms with E-state index in [1.54, 1.807) is 19.5 Å². The molecule has 0 aliphatic carbocycles. The first kappa shape index (κ1) is 28.1. The highest BCUT2D eigenvalue weighted by atomic mass is 19.1. The summed E-state index contributed by atoms with van der Waals surface area (Å²) >= 11 is 0. The molecular weight excluding hydrogens is 573 g/mol. The third kappa shape index (κ3) is 4.60. The Kier molecular flexibility index (Phi) is 6.87. The molecule has 2 atom stereocenters. The van der Waals surface area contributed by atoms with E-state index in [0.717, 1.165) is 24.9 Å². The fraction of sp³-hybridized carbons (Fsp3) is 0.312. The Bertz CT molecular complexity index is 1980. The highest BCUT2D eigenvalue weighted by Crippen LogP contribution is 2.41. The summed E-state index contributed by atoms with van der Waals surface area (Å²) in [6, 6.07) is 5.22. The van der Waals surface area contributed by atoms with Crippen LogP contribution >= 0.6 is 0 Å². The molecule has 2 fully saturated rings. The van der Waals surface area contributed by atoms with Crippen molar-refractivity contribution in [2.45, 2.75) is 37.6 Å². The third-order valence-corrected chi connectivity index (χ3v) is 8.49. The molecular formula is C32H27F3N6O3. The number of nitrogens with zero attached hydrogens (tertiary/aromatic N) is 6. The Balaban J connectivity index is 1.40. The van der Waals surface area contributed by atoms with Gasteiger partial charge in [-0.05, 0) is 43.0 Å². The van der Waals surface area contributed by atoms with Crippen LogP contribution in [0.4, 0.5) is 13.2 Å². The smallest absolute Gasteiger partial charge is 0.319 e. The van der Waals surface area contributed by atoms with Gasteiger partial charge in [-0.2, -0.15) is 15.1 Å². The number of fused-ring (bicyclic) bond motifs is 3. The average Bonchev–Trinajstić information content (AvgIpc) is 3.70. The van der Waals surface area contributed by atoms with Crippen LogP contribution in [0.25, 0.3) is 38.8 Å². The second-order valence-electron chi connectivity index (χ2n) is 11.3. The van der Waals surface area contributed by atoms with Crippen LogP contribution in [0, 0.1) is 24.0 Å². The number of hydrogen-bond donors (Lipinski definition) is 1. The van der Waals surface area contributed by atoms with Crippen LogP contribution in [0.3, 0.4) is 0 Å². The number of aromatic nitrogens is 5. The van der Waals surface area contributed by atoms with Gasteiger partial charge < -0.3 is 14.6 Å². The molecule has 44 heavy (non-hydrogen) atoms. The van der Waals surface area contributed by atoms with Crippen molar-refractivity contribution < 1.29 is 27.8 Å². The van der Waals surface area contributed by atoms with Gasteiger partial charge in [-0.15, -0.1) is 6.42 Å². The van der Waals surface area contributed by atoms with Crippen LogP contribution in [0.2, 0.25) is 0 Å². The predicted molar refractivity (Wildman–Crippen MR) is 156 cm³/mol. The Morgan fingerprint density at radius 3 is 2.89 bits per heavy atom. The first-order valence-corrected chi connectivity index (χ1v) is 14.1. The monoisotopic (exact) mass is 600 g/mol. The molecule has 0 spiro atoms. The topological polar surface area (TPSA) is 98.4 Å². The first-order valence-electron chi connectivity index (χ1n) is 14.1. The molecule has 9 nitrogen and oxygen atoms in total. The number of hydrogen-bond acceptors (Lipinski definition) is 8. The zero-order valence-corrected chi connectivity index (χ0v) is 23.7. The molecule has 3 aromatic heterocycles. The highest BCUT2D eigenvalue weighted by Gasteiger charge is 2.49. The van der Waals surface area contributed by atoms with Gasteiger partial charge in [0.15, 0.2) is 11.6 Å². The fourth-order valence-corrected chi connectivity index (χ4v) is 6.57. The van der Waals surface area contributed by atoms with Gasteiger partial charge in [-0.3, -0.25) is 9.88 Å². The summed E-state index contributed by atoms with van der Waals surface area (Å²) in [6.45, 7) is 1.56. The lowest BCUT2D eigenvalue weighted by atomic mass is 9.95. The Morgan fingerprint density at radius 2 is 2.07 bits per heavy atom. The molecule has 0 unspecified atom stereocenters. The summed E-state index contributed by atoms with van der Waals surface area (Å²) < 4.78 is 58.5. The van der Waals surface area contributed by atoms with E-state index in [-0.39, 0.29) is 57.3 Å². The SMILES string of the molecule is C#Cc1c(F)ccc2cc(O)cc(-c3ncc4c(-n5cc(COC)cn5)nc(OC[C@@]56CCCN5C[C@H](F)C6)nc4c3F)c12. The molecule has 2 aliphatic heterocycles. The maximum Gasteiger partial charge on any atom is 0.319 e. The molecule has 0 radical (unpaired) electrons. The lowest BCUT2D eigenvalue weighted by molar-refractivity contribution is 0.107. The summed E-state index contributed by atoms with van der Waals surface area (Å²) in [5.41, 5.74) is -0.0548. The molecule has 12 heteroatoms. The van der Waals surface area contributed by atoms with Crippen LogP contribution in [0.5, 0.6) is 11.8 Å². The second kappa shape index (κ2) is 10.8. The average molecular weight is 601 g/mol. The molecule has 2 saturated heterocycles. The number of methoxy groups -OCH3 is 1.